The number of hydrogen-bond donors (Lipinski definition) is 1. The molecule has 0 spiro atoms. The third-order valence-corrected chi connectivity index (χ3v) is 3.94. The van der Waals surface area contributed by atoms with Crippen molar-refractivity contribution < 1.29 is 9.90 Å². The lowest BCUT2D eigenvalue weighted by molar-refractivity contribution is -0.136. The van der Waals surface area contributed by atoms with Crippen molar-refractivity contribution >= 4 is 16.9 Å². The summed E-state index contributed by atoms with van der Waals surface area (Å²) in [7, 11) is 2.10. The number of likely N-dealkylation sites (N-methyl/N-ethyl adjacent to an activating group) is 1. The molecule has 0 saturated heterocycles. The van der Waals surface area contributed by atoms with E-state index in [-0.39, 0.29) is 6.42 Å². The maximum absolute atomic E-state index is 10.9. The van der Waals surface area contributed by atoms with Crippen LogP contribution < -0.4 is 0 Å². The molecule has 0 bridgehead atoms. The number of aromatic nitrogens is 1. The molecule has 1 N–H and O–H groups in total. The highest BCUT2D eigenvalue weighted by molar-refractivity contribution is 5.84. The normalized spacial score (nSPS) is 15.2. The van der Waals surface area contributed by atoms with E-state index in [2.05, 4.69) is 18.0 Å². The number of aryl methyl sites for hydroxylation is 1. The lowest BCUT2D eigenvalue weighted by Gasteiger charge is -2.27. The van der Waals surface area contributed by atoms with Gasteiger partial charge in [0.2, 0.25) is 0 Å². The molecule has 104 valence electrons. The zero-order valence-corrected chi connectivity index (χ0v) is 11.6. The molecule has 1 aromatic carbocycles. The third kappa shape index (κ3) is 2.39. The van der Waals surface area contributed by atoms with Gasteiger partial charge in [0.1, 0.15) is 0 Å². The van der Waals surface area contributed by atoms with Gasteiger partial charge in [-0.3, -0.25) is 9.78 Å². The van der Waals surface area contributed by atoms with Crippen molar-refractivity contribution in [1.82, 2.24) is 9.88 Å². The summed E-state index contributed by atoms with van der Waals surface area (Å²) in [5, 5.41) is 10.1. The highest BCUT2D eigenvalue weighted by atomic mass is 16.4. The van der Waals surface area contributed by atoms with E-state index in [9.17, 15) is 4.79 Å². The van der Waals surface area contributed by atoms with E-state index in [0.717, 1.165) is 36.1 Å². The highest BCUT2D eigenvalue weighted by Crippen LogP contribution is 2.28. The molecular weight excluding hydrogens is 252 g/mol. The first-order valence-electron chi connectivity index (χ1n) is 6.95. The summed E-state index contributed by atoms with van der Waals surface area (Å²) in [5.41, 5.74) is 4.52. The van der Waals surface area contributed by atoms with Crippen molar-refractivity contribution in [2.75, 3.05) is 13.6 Å². The van der Waals surface area contributed by atoms with Crippen LogP contribution in [0.2, 0.25) is 0 Å². The summed E-state index contributed by atoms with van der Waals surface area (Å²) >= 11 is 0. The topological polar surface area (TPSA) is 53.4 Å². The molecule has 0 amide bonds. The van der Waals surface area contributed by atoms with Crippen molar-refractivity contribution in [2.24, 2.45) is 0 Å². The Kier molecular flexibility index (Phi) is 3.40. The van der Waals surface area contributed by atoms with E-state index in [1.807, 2.05) is 18.2 Å². The van der Waals surface area contributed by atoms with E-state index in [4.69, 9.17) is 10.1 Å². The molecule has 1 aromatic heterocycles. The van der Waals surface area contributed by atoms with E-state index in [1.165, 1.54) is 11.1 Å². The van der Waals surface area contributed by atoms with Crippen LogP contribution in [0.3, 0.4) is 0 Å². The molecule has 4 heteroatoms. The molecule has 1 aliphatic rings. The van der Waals surface area contributed by atoms with Crippen LogP contribution in [0, 0.1) is 0 Å². The minimum atomic E-state index is -0.746. The number of hydrogen-bond acceptors (Lipinski definition) is 3. The van der Waals surface area contributed by atoms with E-state index < -0.39 is 5.97 Å². The monoisotopic (exact) mass is 270 g/mol. The molecular formula is C16H18N2O2. The predicted octanol–water partition coefficient (Wildman–Crippen LogP) is 2.24. The Hall–Kier alpha value is -1.94. The van der Waals surface area contributed by atoms with Crippen LogP contribution >= 0.6 is 0 Å². The fourth-order valence-corrected chi connectivity index (χ4v) is 2.93. The maximum Gasteiger partial charge on any atom is 0.303 e. The van der Waals surface area contributed by atoms with Crippen LogP contribution in [-0.2, 0) is 24.2 Å². The number of aliphatic carboxylic acids is 1. The van der Waals surface area contributed by atoms with Crippen LogP contribution in [0.4, 0.5) is 0 Å². The van der Waals surface area contributed by atoms with Crippen LogP contribution in [0.5, 0.6) is 0 Å². The second-order valence-corrected chi connectivity index (χ2v) is 5.41. The summed E-state index contributed by atoms with van der Waals surface area (Å²) in [4.78, 5) is 17.9. The first kappa shape index (κ1) is 13.1. The SMILES string of the molecule is CN1CCc2nc3ccccc3c(CCC(=O)O)c2C1. The van der Waals surface area contributed by atoms with Crippen LogP contribution in [-0.4, -0.2) is 34.6 Å². The zero-order valence-electron chi connectivity index (χ0n) is 11.6. The fourth-order valence-electron chi connectivity index (χ4n) is 2.93. The van der Waals surface area contributed by atoms with Gasteiger partial charge in [0.15, 0.2) is 0 Å². The van der Waals surface area contributed by atoms with Crippen LogP contribution in [0.25, 0.3) is 10.9 Å². The smallest absolute Gasteiger partial charge is 0.303 e. The van der Waals surface area contributed by atoms with E-state index >= 15 is 0 Å². The van der Waals surface area contributed by atoms with Gasteiger partial charge in [-0.25, -0.2) is 0 Å². The molecule has 2 aromatic rings. The number of rotatable bonds is 3. The molecule has 2 heterocycles. The molecule has 0 unspecified atom stereocenters. The second kappa shape index (κ2) is 5.21. The first-order valence-corrected chi connectivity index (χ1v) is 6.95. The number of carboxylic acid groups (broad SMARTS) is 1. The van der Waals surface area contributed by atoms with Gasteiger partial charge >= 0.3 is 5.97 Å². The summed E-state index contributed by atoms with van der Waals surface area (Å²) < 4.78 is 0. The quantitative estimate of drug-likeness (QED) is 0.929. The van der Waals surface area contributed by atoms with Gasteiger partial charge in [-0.1, -0.05) is 18.2 Å². The number of carboxylic acids is 1. The Morgan fingerprint density at radius 1 is 1.40 bits per heavy atom. The molecule has 0 radical (unpaired) electrons. The Labute approximate surface area is 118 Å². The number of carbonyl (C=O) groups is 1. The minimum Gasteiger partial charge on any atom is -0.481 e. The largest absolute Gasteiger partial charge is 0.481 e. The van der Waals surface area contributed by atoms with Gasteiger partial charge in [0.25, 0.3) is 0 Å². The third-order valence-electron chi connectivity index (χ3n) is 3.94. The summed E-state index contributed by atoms with van der Waals surface area (Å²) in [5.74, 6) is -0.746. The average molecular weight is 270 g/mol. The lowest BCUT2D eigenvalue weighted by Crippen LogP contribution is -2.28. The Balaban J connectivity index is 2.15. The zero-order chi connectivity index (χ0) is 14.1. The highest BCUT2D eigenvalue weighted by Gasteiger charge is 2.20. The lowest BCUT2D eigenvalue weighted by atomic mass is 9.93. The molecule has 4 nitrogen and oxygen atoms in total. The van der Waals surface area contributed by atoms with Crippen LogP contribution in [0.15, 0.2) is 24.3 Å². The molecule has 3 rings (SSSR count). The van der Waals surface area contributed by atoms with Crippen LogP contribution in [0.1, 0.15) is 23.2 Å². The summed E-state index contributed by atoms with van der Waals surface area (Å²) in [6.07, 6.45) is 1.69. The number of benzene rings is 1. The van der Waals surface area contributed by atoms with Gasteiger partial charge < -0.3 is 10.0 Å². The van der Waals surface area contributed by atoms with E-state index in [0.29, 0.717) is 6.42 Å². The standard InChI is InChI=1S/C16H18N2O2/c1-18-9-8-15-13(10-18)11(6-7-16(19)20)12-4-2-3-5-14(12)17-15/h2-5H,6-10H2,1H3,(H,19,20). The maximum atomic E-state index is 10.9. The van der Waals surface area contributed by atoms with Gasteiger partial charge in [0, 0.05) is 37.0 Å². The van der Waals surface area contributed by atoms with Gasteiger partial charge in [-0.05, 0) is 30.7 Å². The van der Waals surface area contributed by atoms with Gasteiger partial charge in [-0.15, -0.1) is 0 Å². The second-order valence-electron chi connectivity index (χ2n) is 5.41. The number of fused-ring (bicyclic) bond motifs is 2. The molecule has 20 heavy (non-hydrogen) atoms. The average Bonchev–Trinajstić information content (AvgIpc) is 2.43. The molecule has 0 atom stereocenters. The van der Waals surface area contributed by atoms with Crippen molar-refractivity contribution in [3.63, 3.8) is 0 Å². The fraction of sp³-hybridized carbons (Fsp3) is 0.375. The minimum absolute atomic E-state index is 0.171. The summed E-state index contributed by atoms with van der Waals surface area (Å²) in [6, 6.07) is 8.04. The van der Waals surface area contributed by atoms with Gasteiger partial charge in [0.05, 0.1) is 5.52 Å². The first-order chi connectivity index (χ1) is 9.65. The van der Waals surface area contributed by atoms with Crippen molar-refractivity contribution in [3.05, 3.63) is 41.1 Å². The van der Waals surface area contributed by atoms with Crippen molar-refractivity contribution in [1.29, 1.82) is 0 Å². The van der Waals surface area contributed by atoms with Crippen molar-refractivity contribution in [2.45, 2.75) is 25.8 Å². The van der Waals surface area contributed by atoms with E-state index in [1.54, 1.807) is 0 Å². The molecule has 0 saturated carbocycles. The van der Waals surface area contributed by atoms with Gasteiger partial charge in [-0.2, -0.15) is 0 Å². The number of para-hydroxylation sites is 1. The molecule has 1 aliphatic heterocycles. The molecule has 0 aliphatic carbocycles. The Morgan fingerprint density at radius 3 is 3.00 bits per heavy atom. The Bertz CT molecular complexity index is 667. The number of nitrogens with zero attached hydrogens (tertiary/aromatic N) is 2. The Morgan fingerprint density at radius 2 is 2.20 bits per heavy atom. The van der Waals surface area contributed by atoms with Crippen molar-refractivity contribution in [3.8, 4) is 0 Å². The number of pyridine rings is 1. The predicted molar refractivity (Wildman–Crippen MR) is 77.7 cm³/mol. The summed E-state index contributed by atoms with van der Waals surface area (Å²) in [6.45, 7) is 1.87. The molecule has 0 fully saturated rings.